The normalized spacial score (nSPS) is 12.7. The molecule has 240 valence electrons. The molecule has 11 nitrogen and oxygen atoms in total. The molecule has 0 unspecified atom stereocenters. The zero-order valence-electron chi connectivity index (χ0n) is 26.3. The zero-order valence-corrected chi connectivity index (χ0v) is 27.1. The molecule has 0 bridgehead atoms. The van der Waals surface area contributed by atoms with E-state index in [2.05, 4.69) is 39.3 Å². The predicted molar refractivity (Wildman–Crippen MR) is 184 cm³/mol. The van der Waals surface area contributed by atoms with Crippen molar-refractivity contribution in [2.75, 3.05) is 59.5 Å². The van der Waals surface area contributed by atoms with Crippen molar-refractivity contribution < 1.29 is 14.3 Å². The van der Waals surface area contributed by atoms with Crippen LogP contribution in [-0.4, -0.2) is 60.1 Å². The van der Waals surface area contributed by atoms with E-state index < -0.39 is 0 Å². The van der Waals surface area contributed by atoms with Gasteiger partial charge >= 0.3 is 6.03 Å². The number of nitrogens with one attached hydrogen (secondary N) is 2. The third-order valence-electron chi connectivity index (χ3n) is 7.83. The molecule has 0 radical (unpaired) electrons. The summed E-state index contributed by atoms with van der Waals surface area (Å²) in [4.78, 5) is 40.7. The number of nitrogens with two attached hydrogens (primary N) is 1. The van der Waals surface area contributed by atoms with Crippen molar-refractivity contribution in [3.05, 3.63) is 89.1 Å². The highest BCUT2D eigenvalue weighted by Gasteiger charge is 2.32. The summed E-state index contributed by atoms with van der Waals surface area (Å²) in [6, 6.07) is 19.8. The summed E-state index contributed by atoms with van der Waals surface area (Å²) in [5, 5.41) is 6.50. The average molecular weight is 643 g/mol. The first-order valence-electron chi connectivity index (χ1n) is 15.3. The van der Waals surface area contributed by atoms with Crippen molar-refractivity contribution in [3.63, 3.8) is 0 Å². The van der Waals surface area contributed by atoms with Crippen LogP contribution in [0.15, 0.2) is 72.9 Å². The lowest BCUT2D eigenvalue weighted by molar-refractivity contribution is -0.116. The van der Waals surface area contributed by atoms with Gasteiger partial charge in [0.15, 0.2) is 0 Å². The topological polar surface area (TPSA) is 129 Å². The predicted octanol–water partition coefficient (Wildman–Crippen LogP) is 6.32. The van der Waals surface area contributed by atoms with E-state index in [1.165, 1.54) is 4.90 Å². The highest BCUT2D eigenvalue weighted by molar-refractivity contribution is 6.34. The van der Waals surface area contributed by atoms with Gasteiger partial charge in [0.1, 0.15) is 18.2 Å². The van der Waals surface area contributed by atoms with E-state index in [-0.39, 0.29) is 18.5 Å². The van der Waals surface area contributed by atoms with Gasteiger partial charge < -0.3 is 26.0 Å². The lowest BCUT2D eigenvalue weighted by Gasteiger charge is -2.34. The Morgan fingerprint density at radius 2 is 1.76 bits per heavy atom. The van der Waals surface area contributed by atoms with Crippen LogP contribution >= 0.6 is 11.6 Å². The number of fused-ring (bicyclic) bond motifs is 1. The second-order valence-electron chi connectivity index (χ2n) is 11.0. The number of carbonyl (C=O) groups excluding carboxylic acids is 2. The number of hydrogen-bond acceptors (Lipinski definition) is 8. The van der Waals surface area contributed by atoms with Crippen LogP contribution in [-0.2, 0) is 17.8 Å². The summed E-state index contributed by atoms with van der Waals surface area (Å²) in [7, 11) is 1.66. The number of carbonyl (C=O) groups is 2. The number of aryl methyl sites for hydroxylation is 1. The summed E-state index contributed by atoms with van der Waals surface area (Å²) < 4.78 is 5.87. The van der Waals surface area contributed by atoms with Gasteiger partial charge in [-0.2, -0.15) is 4.98 Å². The Morgan fingerprint density at radius 3 is 2.48 bits per heavy atom. The first kappa shape index (κ1) is 32.5. The maximum absolute atomic E-state index is 13.5. The molecule has 0 atom stereocenters. The van der Waals surface area contributed by atoms with Gasteiger partial charge in [-0.1, -0.05) is 37.6 Å². The van der Waals surface area contributed by atoms with Crippen LogP contribution in [0.3, 0.4) is 0 Å². The third-order valence-corrected chi connectivity index (χ3v) is 8.15. The molecule has 0 saturated heterocycles. The highest BCUT2D eigenvalue weighted by Crippen LogP contribution is 2.35. The van der Waals surface area contributed by atoms with Crippen molar-refractivity contribution in [2.24, 2.45) is 0 Å². The molecule has 12 heteroatoms. The summed E-state index contributed by atoms with van der Waals surface area (Å²) in [6.07, 6.45) is 2.57. The molecule has 0 aliphatic carbocycles. The third kappa shape index (κ3) is 8.04. The first-order chi connectivity index (χ1) is 22.2. The monoisotopic (exact) mass is 642 g/mol. The fourth-order valence-corrected chi connectivity index (χ4v) is 5.34. The molecule has 3 amide bonds. The van der Waals surface area contributed by atoms with E-state index in [9.17, 15) is 9.59 Å². The Hall–Kier alpha value is -4.87. The van der Waals surface area contributed by atoms with Gasteiger partial charge in [0, 0.05) is 48.8 Å². The van der Waals surface area contributed by atoms with Gasteiger partial charge in [-0.15, -0.1) is 0 Å². The SMILES string of the molecule is CCN(CC)CCOc1ccc(Nc2ncc3c(n2)N(C)C(=O)N(c2cc(NC(=O)CCc4ccc(N)cc4)ccc2Cl)C3)cc1. The van der Waals surface area contributed by atoms with Crippen LogP contribution in [0.25, 0.3) is 0 Å². The van der Waals surface area contributed by atoms with Crippen LogP contribution < -0.4 is 30.9 Å². The molecule has 3 aromatic carbocycles. The Bertz CT molecular complexity index is 1660. The molecule has 4 aromatic rings. The average Bonchev–Trinajstić information content (AvgIpc) is 3.06. The lowest BCUT2D eigenvalue weighted by atomic mass is 10.1. The highest BCUT2D eigenvalue weighted by atomic mass is 35.5. The van der Waals surface area contributed by atoms with Crippen molar-refractivity contribution in [1.82, 2.24) is 14.9 Å². The van der Waals surface area contributed by atoms with Crippen molar-refractivity contribution in [3.8, 4) is 5.75 Å². The number of amides is 3. The number of likely N-dealkylation sites (N-methyl/N-ethyl adjacent to an activating group) is 1. The van der Waals surface area contributed by atoms with Gasteiger partial charge in [-0.05, 0) is 79.7 Å². The van der Waals surface area contributed by atoms with E-state index >= 15 is 0 Å². The molecular weight excluding hydrogens is 604 g/mol. The lowest BCUT2D eigenvalue weighted by Crippen LogP contribution is -2.46. The van der Waals surface area contributed by atoms with Gasteiger partial charge in [-0.3, -0.25) is 14.6 Å². The second kappa shape index (κ2) is 14.9. The molecule has 1 aromatic heterocycles. The minimum absolute atomic E-state index is 0.150. The van der Waals surface area contributed by atoms with Crippen LogP contribution in [0.5, 0.6) is 5.75 Å². The number of halogens is 1. The summed E-state index contributed by atoms with van der Waals surface area (Å²) in [5.41, 5.74) is 10.0. The molecule has 1 aliphatic rings. The quantitative estimate of drug-likeness (QED) is 0.144. The summed E-state index contributed by atoms with van der Waals surface area (Å²) >= 11 is 6.55. The largest absolute Gasteiger partial charge is 0.492 e. The molecular formula is C34H39ClN8O3. The van der Waals surface area contributed by atoms with E-state index in [1.807, 2.05) is 48.5 Å². The minimum atomic E-state index is -0.308. The van der Waals surface area contributed by atoms with Crippen molar-refractivity contribution >= 4 is 58.1 Å². The first-order valence-corrected chi connectivity index (χ1v) is 15.7. The fourth-order valence-electron chi connectivity index (χ4n) is 5.12. The fraction of sp³-hybridized carbons (Fsp3) is 0.294. The molecule has 1 aliphatic heterocycles. The number of benzene rings is 3. The second-order valence-corrected chi connectivity index (χ2v) is 11.4. The van der Waals surface area contributed by atoms with Gasteiger partial charge in [-0.25, -0.2) is 9.78 Å². The number of hydrogen-bond donors (Lipinski definition) is 3. The number of rotatable bonds is 13. The van der Waals surface area contributed by atoms with E-state index in [4.69, 9.17) is 22.1 Å². The number of ether oxygens (including phenoxy) is 1. The van der Waals surface area contributed by atoms with Crippen molar-refractivity contribution in [1.29, 1.82) is 0 Å². The van der Waals surface area contributed by atoms with Crippen LogP contribution in [0.4, 0.5) is 39.3 Å². The standard InChI is InChI=1S/C34H39ClN8O3/c1-4-42(5-2)18-19-46-28-14-11-26(12-15-28)39-33-37-21-24-22-43(34(45)41(3)32(24)40-33)30-20-27(13-16-29(30)35)38-31(44)17-8-23-6-9-25(36)10-7-23/h6-7,9-16,20-21H,4-5,8,17-19,22,36H2,1-3H3,(H,38,44)(H,37,39,40). The Morgan fingerprint density at radius 1 is 1.04 bits per heavy atom. The van der Waals surface area contributed by atoms with E-state index in [1.54, 1.807) is 36.3 Å². The number of nitrogen functional groups attached to an aromatic ring is 1. The maximum Gasteiger partial charge on any atom is 0.330 e. The van der Waals surface area contributed by atoms with Crippen LogP contribution in [0.1, 0.15) is 31.4 Å². The maximum atomic E-state index is 13.5. The molecule has 0 spiro atoms. The summed E-state index contributed by atoms with van der Waals surface area (Å²) in [6.45, 7) is 7.98. The van der Waals surface area contributed by atoms with Crippen molar-refractivity contribution in [2.45, 2.75) is 33.2 Å². The number of anilines is 6. The van der Waals surface area contributed by atoms with Crippen LogP contribution in [0, 0.1) is 0 Å². The summed E-state index contributed by atoms with van der Waals surface area (Å²) in [5.74, 6) is 1.50. The Balaban J connectivity index is 1.22. The molecule has 2 heterocycles. The number of aromatic nitrogens is 2. The molecule has 46 heavy (non-hydrogen) atoms. The Labute approximate surface area is 274 Å². The van der Waals surface area contributed by atoms with E-state index in [0.29, 0.717) is 53.3 Å². The smallest absolute Gasteiger partial charge is 0.330 e. The van der Waals surface area contributed by atoms with E-state index in [0.717, 1.165) is 42.2 Å². The molecule has 5 rings (SSSR count). The zero-order chi connectivity index (χ0) is 32.6. The van der Waals surface area contributed by atoms with Gasteiger partial charge in [0.2, 0.25) is 11.9 Å². The van der Waals surface area contributed by atoms with Gasteiger partial charge in [0.05, 0.1) is 17.3 Å². The number of urea groups is 1. The number of nitrogens with zero attached hydrogens (tertiary/aromatic N) is 5. The minimum Gasteiger partial charge on any atom is -0.492 e. The van der Waals surface area contributed by atoms with Crippen LogP contribution in [0.2, 0.25) is 5.02 Å². The molecule has 4 N–H and O–H groups in total. The molecule has 0 fully saturated rings. The van der Waals surface area contributed by atoms with Gasteiger partial charge in [0.25, 0.3) is 0 Å². The Kier molecular flexibility index (Phi) is 10.6. The molecule has 0 saturated carbocycles.